The van der Waals surface area contributed by atoms with Gasteiger partial charge in [-0.25, -0.2) is 0 Å². The molecule has 0 aliphatic heterocycles. The van der Waals surface area contributed by atoms with Crippen LogP contribution in [0.25, 0.3) is 6.08 Å². The summed E-state index contributed by atoms with van der Waals surface area (Å²) in [4.78, 5) is 36.5. The van der Waals surface area contributed by atoms with Crippen LogP contribution in [0.5, 0.6) is 11.5 Å². The van der Waals surface area contributed by atoms with Gasteiger partial charge < -0.3 is 20.1 Å². The van der Waals surface area contributed by atoms with Gasteiger partial charge in [0, 0.05) is 13.1 Å². The van der Waals surface area contributed by atoms with Crippen LogP contribution in [-0.2, 0) is 9.59 Å². The summed E-state index contributed by atoms with van der Waals surface area (Å²) < 4.78 is 10.3. The summed E-state index contributed by atoms with van der Waals surface area (Å²) in [7, 11) is 2.77. The molecule has 0 heterocycles. The second-order valence-electron chi connectivity index (χ2n) is 7.96. The normalized spacial score (nSPS) is 10.6. The second kappa shape index (κ2) is 12.6. The van der Waals surface area contributed by atoms with E-state index < -0.39 is 16.7 Å². The number of nitro groups is 1. The van der Waals surface area contributed by atoms with Gasteiger partial charge in [-0.15, -0.1) is 0 Å². The number of nitrogens with zero attached hydrogens (tertiary/aromatic N) is 1. The van der Waals surface area contributed by atoms with E-state index in [1.165, 1.54) is 32.4 Å². The highest BCUT2D eigenvalue weighted by Gasteiger charge is 2.23. The van der Waals surface area contributed by atoms with Crippen molar-refractivity contribution in [2.45, 2.75) is 40.5 Å². The van der Waals surface area contributed by atoms with Gasteiger partial charge in [0.1, 0.15) is 5.57 Å². The van der Waals surface area contributed by atoms with Crippen LogP contribution in [0.2, 0.25) is 0 Å². The largest absolute Gasteiger partial charge is 0.493 e. The molecule has 0 aliphatic rings. The molecule has 1 rings (SSSR count). The third kappa shape index (κ3) is 8.27. The number of methoxy groups -OCH3 is 2. The Morgan fingerprint density at radius 2 is 1.42 bits per heavy atom. The van der Waals surface area contributed by atoms with E-state index in [-0.39, 0.29) is 28.3 Å². The molecular weight excluding hydrogens is 402 g/mol. The Bertz CT molecular complexity index is 790. The Labute approximate surface area is 183 Å². The zero-order valence-electron chi connectivity index (χ0n) is 19.1. The lowest BCUT2D eigenvalue weighted by molar-refractivity contribution is -0.385. The fraction of sp³-hybridized carbons (Fsp3) is 0.545. The topological polar surface area (TPSA) is 120 Å². The summed E-state index contributed by atoms with van der Waals surface area (Å²) in [6.07, 6.45) is 2.70. The van der Waals surface area contributed by atoms with Crippen LogP contribution in [0.4, 0.5) is 5.69 Å². The number of benzene rings is 1. The minimum absolute atomic E-state index is 0.0654. The number of hydrogen-bond acceptors (Lipinski definition) is 6. The Hall–Kier alpha value is -3.10. The summed E-state index contributed by atoms with van der Waals surface area (Å²) in [5, 5.41) is 17.0. The number of ether oxygens (including phenoxy) is 2. The molecule has 0 atom stereocenters. The predicted molar refractivity (Wildman–Crippen MR) is 119 cm³/mol. The van der Waals surface area contributed by atoms with E-state index in [0.717, 1.165) is 12.8 Å². The Morgan fingerprint density at radius 3 is 1.81 bits per heavy atom. The number of nitro benzene ring substituents is 1. The fourth-order valence-corrected chi connectivity index (χ4v) is 2.69. The molecule has 0 saturated heterocycles. The molecule has 31 heavy (non-hydrogen) atoms. The van der Waals surface area contributed by atoms with Crippen molar-refractivity contribution >= 4 is 23.6 Å². The van der Waals surface area contributed by atoms with Gasteiger partial charge in [0.05, 0.1) is 30.8 Å². The molecule has 0 unspecified atom stereocenters. The highest BCUT2D eigenvalue weighted by atomic mass is 16.6. The van der Waals surface area contributed by atoms with Gasteiger partial charge in [-0.3, -0.25) is 19.7 Å². The molecular formula is C22H33N3O6. The van der Waals surface area contributed by atoms with Gasteiger partial charge in [0.2, 0.25) is 0 Å². The summed E-state index contributed by atoms with van der Waals surface area (Å²) in [5.41, 5.74) is -0.446. The molecule has 2 N–H and O–H groups in total. The first kappa shape index (κ1) is 25.9. The zero-order valence-corrected chi connectivity index (χ0v) is 19.1. The van der Waals surface area contributed by atoms with Crippen molar-refractivity contribution in [3.05, 3.63) is 33.4 Å². The maximum Gasteiger partial charge on any atom is 0.280 e. The van der Waals surface area contributed by atoms with Gasteiger partial charge in [-0.05, 0) is 36.8 Å². The maximum absolute atomic E-state index is 12.8. The van der Waals surface area contributed by atoms with Crippen LogP contribution in [-0.4, -0.2) is 44.0 Å². The number of carbonyl (C=O) groups is 2. The zero-order chi connectivity index (χ0) is 23.6. The molecule has 9 nitrogen and oxygen atoms in total. The van der Waals surface area contributed by atoms with Crippen LogP contribution in [0.1, 0.15) is 46.1 Å². The van der Waals surface area contributed by atoms with Crippen molar-refractivity contribution in [1.29, 1.82) is 0 Å². The molecule has 172 valence electrons. The summed E-state index contributed by atoms with van der Waals surface area (Å²) in [6, 6.07) is 2.58. The van der Waals surface area contributed by atoms with Crippen LogP contribution < -0.4 is 20.1 Å². The van der Waals surface area contributed by atoms with Crippen LogP contribution in [0.3, 0.4) is 0 Å². The molecule has 1 aromatic carbocycles. The van der Waals surface area contributed by atoms with Gasteiger partial charge in [-0.2, -0.15) is 0 Å². The van der Waals surface area contributed by atoms with Crippen molar-refractivity contribution in [2.24, 2.45) is 11.8 Å². The molecule has 0 bridgehead atoms. The molecule has 0 aromatic heterocycles. The summed E-state index contributed by atoms with van der Waals surface area (Å²) >= 11 is 0. The number of carbonyl (C=O) groups excluding carboxylic acids is 2. The average molecular weight is 436 g/mol. The predicted octanol–water partition coefficient (Wildman–Crippen LogP) is 3.32. The number of nitrogens with one attached hydrogen (secondary N) is 2. The fourth-order valence-electron chi connectivity index (χ4n) is 2.69. The Balaban J connectivity index is 3.37. The number of hydrogen-bond donors (Lipinski definition) is 2. The standard InChI is InChI=1S/C22H33N3O6/c1-14(2)7-9-23-21(26)17(22(27)24-10-8-15(3)4)11-16-12-19(30-5)20(31-6)13-18(16)25(28)29/h11-15H,7-10H2,1-6H3,(H,23,26)(H,24,27). The molecule has 0 aliphatic carbocycles. The van der Waals surface area contributed by atoms with Crippen molar-refractivity contribution in [3.8, 4) is 11.5 Å². The van der Waals surface area contributed by atoms with Gasteiger partial charge in [0.25, 0.3) is 17.5 Å². The Morgan fingerprint density at radius 1 is 0.968 bits per heavy atom. The van der Waals surface area contributed by atoms with Gasteiger partial charge in [-0.1, -0.05) is 27.7 Å². The van der Waals surface area contributed by atoms with E-state index >= 15 is 0 Å². The van der Waals surface area contributed by atoms with E-state index in [1.54, 1.807) is 0 Å². The summed E-state index contributed by atoms with van der Waals surface area (Å²) in [6.45, 7) is 8.87. The molecule has 0 spiro atoms. The van der Waals surface area contributed by atoms with Crippen molar-refractivity contribution in [3.63, 3.8) is 0 Å². The monoisotopic (exact) mass is 435 g/mol. The number of rotatable bonds is 12. The van der Waals surface area contributed by atoms with E-state index in [2.05, 4.69) is 10.6 Å². The molecule has 0 saturated carbocycles. The van der Waals surface area contributed by atoms with Gasteiger partial charge in [0.15, 0.2) is 11.5 Å². The SMILES string of the molecule is COc1cc(C=C(C(=O)NCCC(C)C)C(=O)NCCC(C)C)c([N+](=O)[O-])cc1OC. The first-order valence-electron chi connectivity index (χ1n) is 10.3. The second-order valence-corrected chi connectivity index (χ2v) is 7.96. The smallest absolute Gasteiger partial charge is 0.280 e. The molecule has 1 aromatic rings. The van der Waals surface area contributed by atoms with E-state index in [9.17, 15) is 19.7 Å². The number of amides is 2. The Kier molecular flexibility index (Phi) is 10.5. The van der Waals surface area contributed by atoms with E-state index in [4.69, 9.17) is 9.47 Å². The quantitative estimate of drug-likeness (QED) is 0.171. The highest BCUT2D eigenvalue weighted by molar-refractivity contribution is 6.21. The highest BCUT2D eigenvalue weighted by Crippen LogP contribution is 2.35. The molecule has 9 heteroatoms. The van der Waals surface area contributed by atoms with E-state index in [0.29, 0.717) is 24.9 Å². The first-order valence-corrected chi connectivity index (χ1v) is 10.3. The summed E-state index contributed by atoms with van der Waals surface area (Å²) in [5.74, 6) is -0.00701. The minimum Gasteiger partial charge on any atom is -0.493 e. The van der Waals surface area contributed by atoms with Crippen LogP contribution in [0, 0.1) is 22.0 Å². The lowest BCUT2D eigenvalue weighted by Crippen LogP contribution is -2.36. The van der Waals surface area contributed by atoms with E-state index in [1.807, 2.05) is 27.7 Å². The third-order valence-electron chi connectivity index (χ3n) is 4.53. The van der Waals surface area contributed by atoms with Crippen molar-refractivity contribution in [1.82, 2.24) is 10.6 Å². The molecule has 0 radical (unpaired) electrons. The maximum atomic E-state index is 12.8. The van der Waals surface area contributed by atoms with Crippen LogP contribution in [0.15, 0.2) is 17.7 Å². The molecule has 0 fully saturated rings. The van der Waals surface area contributed by atoms with Crippen molar-refractivity contribution in [2.75, 3.05) is 27.3 Å². The van der Waals surface area contributed by atoms with Crippen molar-refractivity contribution < 1.29 is 24.0 Å². The van der Waals surface area contributed by atoms with Gasteiger partial charge >= 0.3 is 0 Å². The van der Waals surface area contributed by atoms with Crippen LogP contribution >= 0.6 is 0 Å². The minimum atomic E-state index is -0.598. The lowest BCUT2D eigenvalue weighted by Gasteiger charge is -2.13. The average Bonchev–Trinajstić information content (AvgIpc) is 2.70. The first-order chi connectivity index (χ1) is 14.6. The third-order valence-corrected chi connectivity index (χ3v) is 4.53. The lowest BCUT2D eigenvalue weighted by atomic mass is 10.1. The molecule has 2 amide bonds.